The summed E-state index contributed by atoms with van der Waals surface area (Å²) in [4.78, 5) is 10.2. The third kappa shape index (κ3) is 2.94. The Balaban J connectivity index is 2.45. The number of nitro benzene ring substituents is 1. The highest BCUT2D eigenvalue weighted by Crippen LogP contribution is 2.27. The summed E-state index contributed by atoms with van der Waals surface area (Å²) in [7, 11) is 0. The van der Waals surface area contributed by atoms with E-state index in [-0.39, 0.29) is 23.2 Å². The van der Waals surface area contributed by atoms with Crippen molar-refractivity contribution >= 4 is 11.5 Å². The van der Waals surface area contributed by atoms with Crippen LogP contribution in [0.25, 0.3) is 0 Å². The van der Waals surface area contributed by atoms with Crippen molar-refractivity contribution in [2.45, 2.75) is 13.8 Å². The molecule has 2 aromatic rings. The predicted octanol–water partition coefficient (Wildman–Crippen LogP) is 2.08. The third-order valence-corrected chi connectivity index (χ3v) is 2.93. The first-order valence-corrected chi connectivity index (χ1v) is 6.00. The topological polar surface area (TPSA) is 128 Å². The second kappa shape index (κ2) is 5.53. The predicted molar refractivity (Wildman–Crippen MR) is 75.7 cm³/mol. The minimum absolute atomic E-state index is 0.0473. The summed E-state index contributed by atoms with van der Waals surface area (Å²) in [6.45, 7) is 3.49. The molecule has 0 spiro atoms. The smallest absolute Gasteiger partial charge is 0.273 e. The van der Waals surface area contributed by atoms with Gasteiger partial charge in [0.25, 0.3) is 5.69 Å². The number of nitrogen functional groups attached to an aromatic ring is 1. The molecule has 21 heavy (non-hydrogen) atoms. The van der Waals surface area contributed by atoms with E-state index in [0.29, 0.717) is 16.8 Å². The maximum Gasteiger partial charge on any atom is 0.273 e. The van der Waals surface area contributed by atoms with Crippen molar-refractivity contribution in [3.63, 3.8) is 0 Å². The van der Waals surface area contributed by atoms with Crippen molar-refractivity contribution in [1.82, 2.24) is 10.2 Å². The Morgan fingerprint density at radius 2 is 2.10 bits per heavy atom. The van der Waals surface area contributed by atoms with Crippen molar-refractivity contribution in [1.29, 1.82) is 5.41 Å². The van der Waals surface area contributed by atoms with Gasteiger partial charge in [-0.1, -0.05) is 6.07 Å². The fraction of sp³-hybridized carbons (Fsp3) is 0.154. The van der Waals surface area contributed by atoms with E-state index in [9.17, 15) is 10.1 Å². The van der Waals surface area contributed by atoms with Gasteiger partial charge < -0.3 is 10.5 Å². The number of benzene rings is 1. The van der Waals surface area contributed by atoms with E-state index >= 15 is 0 Å². The first-order valence-electron chi connectivity index (χ1n) is 6.00. The number of ether oxygens (including phenoxy) is 1. The normalized spacial score (nSPS) is 10.2. The number of nitrogens with one attached hydrogen (secondary N) is 1. The molecule has 2 rings (SSSR count). The highest BCUT2D eigenvalue weighted by Gasteiger charge is 2.16. The molecule has 0 radical (unpaired) electrons. The largest absolute Gasteiger partial charge is 0.437 e. The second-order valence-electron chi connectivity index (χ2n) is 4.36. The minimum Gasteiger partial charge on any atom is -0.437 e. The molecule has 0 bridgehead atoms. The van der Waals surface area contributed by atoms with Crippen LogP contribution >= 0.6 is 0 Å². The van der Waals surface area contributed by atoms with E-state index < -0.39 is 4.92 Å². The Bertz CT molecular complexity index is 730. The lowest BCUT2D eigenvalue weighted by Crippen LogP contribution is -2.16. The summed E-state index contributed by atoms with van der Waals surface area (Å²) in [6, 6.07) is 5.66. The number of nitrogens with zero attached hydrogens (tertiary/aromatic N) is 3. The van der Waals surface area contributed by atoms with Gasteiger partial charge in [0.1, 0.15) is 11.6 Å². The fourth-order valence-corrected chi connectivity index (χ4v) is 1.75. The maximum absolute atomic E-state index is 10.7. The molecule has 1 aromatic carbocycles. The summed E-state index contributed by atoms with van der Waals surface area (Å²) in [6.07, 6.45) is 0. The molecule has 1 heterocycles. The van der Waals surface area contributed by atoms with Crippen LogP contribution in [-0.2, 0) is 0 Å². The molecule has 0 aliphatic carbocycles. The van der Waals surface area contributed by atoms with Gasteiger partial charge in [-0.05, 0) is 25.5 Å². The number of nitro groups is 1. The molecule has 0 fully saturated rings. The number of aryl methyl sites for hydroxylation is 1. The Morgan fingerprint density at radius 3 is 2.71 bits per heavy atom. The third-order valence-electron chi connectivity index (χ3n) is 2.93. The molecule has 108 valence electrons. The van der Waals surface area contributed by atoms with Crippen LogP contribution in [0, 0.1) is 29.4 Å². The molecule has 0 unspecified atom stereocenters. The van der Waals surface area contributed by atoms with Crippen molar-refractivity contribution in [3.05, 3.63) is 51.2 Å². The van der Waals surface area contributed by atoms with Gasteiger partial charge >= 0.3 is 0 Å². The first-order chi connectivity index (χ1) is 9.90. The highest BCUT2D eigenvalue weighted by atomic mass is 16.6. The van der Waals surface area contributed by atoms with E-state index in [1.807, 2.05) is 0 Å². The molecule has 0 saturated carbocycles. The van der Waals surface area contributed by atoms with Crippen LogP contribution in [0.4, 0.5) is 5.69 Å². The SMILES string of the molecule is Cc1nnc(Oc2cccc([N+](=O)[O-])c2)c(C(=N)N)c1C. The van der Waals surface area contributed by atoms with E-state index in [1.165, 1.54) is 18.2 Å². The zero-order valence-corrected chi connectivity index (χ0v) is 11.5. The van der Waals surface area contributed by atoms with Crippen LogP contribution < -0.4 is 10.5 Å². The number of aromatic nitrogens is 2. The number of hydrogen-bond acceptors (Lipinski definition) is 6. The zero-order valence-electron chi connectivity index (χ0n) is 11.5. The summed E-state index contributed by atoms with van der Waals surface area (Å²) in [5.41, 5.74) is 7.08. The quantitative estimate of drug-likeness (QED) is 0.383. The number of nitrogens with two attached hydrogens (primary N) is 1. The van der Waals surface area contributed by atoms with Crippen molar-refractivity contribution in [2.24, 2.45) is 5.73 Å². The number of amidine groups is 1. The maximum atomic E-state index is 10.7. The Morgan fingerprint density at radius 1 is 1.38 bits per heavy atom. The van der Waals surface area contributed by atoms with E-state index in [0.717, 1.165) is 0 Å². The molecule has 1 aromatic heterocycles. The van der Waals surface area contributed by atoms with Gasteiger partial charge in [0, 0.05) is 6.07 Å². The van der Waals surface area contributed by atoms with Gasteiger partial charge in [-0.2, -0.15) is 5.10 Å². The lowest BCUT2D eigenvalue weighted by atomic mass is 10.1. The monoisotopic (exact) mass is 287 g/mol. The average molecular weight is 287 g/mol. The fourth-order valence-electron chi connectivity index (χ4n) is 1.75. The van der Waals surface area contributed by atoms with E-state index in [1.54, 1.807) is 19.9 Å². The molecule has 0 atom stereocenters. The molecule has 0 aliphatic rings. The molecule has 3 N–H and O–H groups in total. The zero-order chi connectivity index (χ0) is 15.6. The number of rotatable bonds is 4. The van der Waals surface area contributed by atoms with Gasteiger partial charge in [-0.3, -0.25) is 15.5 Å². The Labute approximate surface area is 120 Å². The molecular weight excluding hydrogens is 274 g/mol. The van der Waals surface area contributed by atoms with Crippen LogP contribution in [0.1, 0.15) is 16.8 Å². The van der Waals surface area contributed by atoms with Crippen LogP contribution in [0.2, 0.25) is 0 Å². The van der Waals surface area contributed by atoms with E-state index in [4.69, 9.17) is 15.9 Å². The second-order valence-corrected chi connectivity index (χ2v) is 4.36. The number of non-ortho nitro benzene ring substituents is 1. The van der Waals surface area contributed by atoms with Gasteiger partial charge in [-0.25, -0.2) is 0 Å². The highest BCUT2D eigenvalue weighted by molar-refractivity contribution is 5.98. The van der Waals surface area contributed by atoms with Gasteiger partial charge in [0.05, 0.1) is 22.2 Å². The number of hydrogen-bond donors (Lipinski definition) is 2. The molecule has 0 aliphatic heterocycles. The summed E-state index contributed by atoms with van der Waals surface area (Å²) < 4.78 is 5.50. The van der Waals surface area contributed by atoms with Crippen LogP contribution in [0.3, 0.4) is 0 Å². The average Bonchev–Trinajstić information content (AvgIpc) is 2.43. The molecule has 8 nitrogen and oxygen atoms in total. The van der Waals surface area contributed by atoms with Gasteiger partial charge in [-0.15, -0.1) is 5.10 Å². The van der Waals surface area contributed by atoms with Gasteiger partial charge in [0.2, 0.25) is 5.88 Å². The summed E-state index contributed by atoms with van der Waals surface area (Å²) in [5.74, 6) is 0.0706. The molecule has 0 saturated heterocycles. The van der Waals surface area contributed by atoms with Crippen molar-refractivity contribution in [2.75, 3.05) is 0 Å². The standard InChI is InChI=1S/C13H13N5O3/c1-7-8(2)16-17-13(11(7)12(14)15)21-10-5-3-4-9(6-10)18(19)20/h3-6H,1-2H3,(H3,14,15). The van der Waals surface area contributed by atoms with Crippen LogP contribution in [0.5, 0.6) is 11.6 Å². The summed E-state index contributed by atoms with van der Waals surface area (Å²) in [5, 5.41) is 26.1. The molecular formula is C13H13N5O3. The van der Waals surface area contributed by atoms with Crippen molar-refractivity contribution in [3.8, 4) is 11.6 Å². The molecule has 8 heteroatoms. The first kappa shape index (κ1) is 14.4. The lowest BCUT2D eigenvalue weighted by molar-refractivity contribution is -0.384. The van der Waals surface area contributed by atoms with Crippen molar-refractivity contribution < 1.29 is 9.66 Å². The van der Waals surface area contributed by atoms with E-state index in [2.05, 4.69) is 10.2 Å². The lowest BCUT2D eigenvalue weighted by Gasteiger charge is -2.11. The van der Waals surface area contributed by atoms with Gasteiger partial charge in [0.15, 0.2) is 0 Å². The van der Waals surface area contributed by atoms with Crippen LogP contribution in [0.15, 0.2) is 24.3 Å². The molecule has 0 amide bonds. The van der Waals surface area contributed by atoms with Crippen LogP contribution in [-0.4, -0.2) is 21.0 Å². The minimum atomic E-state index is -0.523. The Hall–Kier alpha value is -3.03. The summed E-state index contributed by atoms with van der Waals surface area (Å²) >= 11 is 0. The Kier molecular flexibility index (Phi) is 3.79.